The van der Waals surface area contributed by atoms with Gasteiger partial charge < -0.3 is 11.5 Å². The maximum absolute atomic E-state index is 11.4. The quantitative estimate of drug-likeness (QED) is 0.757. The van der Waals surface area contributed by atoms with Crippen LogP contribution in [0.5, 0.6) is 0 Å². The second kappa shape index (κ2) is 4.46. The van der Waals surface area contributed by atoms with E-state index in [1.165, 1.54) is 0 Å². The Morgan fingerprint density at radius 3 is 2.76 bits per heavy atom. The molecule has 0 radical (unpaired) electrons. The lowest BCUT2D eigenvalue weighted by molar-refractivity contribution is 0.0999. The number of amides is 1. The minimum Gasteiger partial charge on any atom is -0.399 e. The molecule has 4 heteroatoms. The van der Waals surface area contributed by atoms with E-state index in [9.17, 15) is 4.79 Å². The zero-order valence-corrected chi connectivity index (χ0v) is 9.52. The Hall–Kier alpha value is -2.02. The van der Waals surface area contributed by atoms with E-state index in [1.54, 1.807) is 12.1 Å². The number of primary amides is 1. The predicted octanol–water partition coefficient (Wildman–Crippen LogP) is 1.77. The maximum atomic E-state index is 11.4. The Balaban J connectivity index is 2.33. The van der Waals surface area contributed by atoms with Crippen molar-refractivity contribution in [1.82, 2.24) is 0 Å². The second-order valence-electron chi connectivity index (χ2n) is 4.55. The van der Waals surface area contributed by atoms with Crippen molar-refractivity contribution in [3.8, 4) is 6.07 Å². The fourth-order valence-electron chi connectivity index (χ4n) is 2.52. The Morgan fingerprint density at radius 1 is 1.41 bits per heavy atom. The third kappa shape index (κ3) is 2.23. The summed E-state index contributed by atoms with van der Waals surface area (Å²) in [6, 6.07) is 7.55. The van der Waals surface area contributed by atoms with E-state index in [4.69, 9.17) is 16.7 Å². The molecule has 1 aliphatic rings. The average molecular weight is 229 g/mol. The highest BCUT2D eigenvalue weighted by molar-refractivity contribution is 5.95. The molecule has 88 valence electrons. The molecule has 0 bridgehead atoms. The molecule has 0 saturated heterocycles. The van der Waals surface area contributed by atoms with Gasteiger partial charge in [0, 0.05) is 17.2 Å². The van der Waals surface area contributed by atoms with Crippen molar-refractivity contribution >= 4 is 11.6 Å². The molecular weight excluding hydrogens is 214 g/mol. The Labute approximate surface area is 100 Å². The number of hydrogen-bond donors (Lipinski definition) is 2. The van der Waals surface area contributed by atoms with Gasteiger partial charge in [-0.15, -0.1) is 0 Å². The van der Waals surface area contributed by atoms with Gasteiger partial charge in [0.2, 0.25) is 5.91 Å². The maximum Gasteiger partial charge on any atom is 0.249 e. The van der Waals surface area contributed by atoms with E-state index in [0.29, 0.717) is 11.3 Å². The third-order valence-electron chi connectivity index (χ3n) is 3.40. The number of nitrogen functional groups attached to an aromatic ring is 1. The Kier molecular flexibility index (Phi) is 3.01. The number of rotatable bonds is 2. The van der Waals surface area contributed by atoms with Crippen molar-refractivity contribution < 1.29 is 4.79 Å². The smallest absolute Gasteiger partial charge is 0.249 e. The van der Waals surface area contributed by atoms with E-state index in [2.05, 4.69) is 6.07 Å². The number of hydrogen-bond acceptors (Lipinski definition) is 3. The van der Waals surface area contributed by atoms with Crippen LogP contribution in [0, 0.1) is 17.2 Å². The molecule has 2 rings (SSSR count). The molecule has 2 atom stereocenters. The molecule has 17 heavy (non-hydrogen) atoms. The van der Waals surface area contributed by atoms with Crippen LogP contribution in [-0.4, -0.2) is 5.91 Å². The topological polar surface area (TPSA) is 92.9 Å². The standard InChI is InChI=1S/C13H15N3O/c14-7-8-1-2-9(5-8)11-4-3-10(15)6-12(11)13(16)17/h3-4,6,8-9H,1-2,5,15H2,(H2,16,17). The summed E-state index contributed by atoms with van der Waals surface area (Å²) in [5, 5.41) is 8.89. The van der Waals surface area contributed by atoms with Crippen molar-refractivity contribution in [3.63, 3.8) is 0 Å². The minimum atomic E-state index is -0.451. The van der Waals surface area contributed by atoms with Gasteiger partial charge in [-0.2, -0.15) is 5.26 Å². The van der Waals surface area contributed by atoms with Crippen molar-refractivity contribution in [2.24, 2.45) is 11.7 Å². The van der Waals surface area contributed by atoms with Gasteiger partial charge >= 0.3 is 0 Å². The van der Waals surface area contributed by atoms with E-state index in [0.717, 1.165) is 24.8 Å². The summed E-state index contributed by atoms with van der Waals surface area (Å²) in [7, 11) is 0. The summed E-state index contributed by atoms with van der Waals surface area (Å²) in [6.07, 6.45) is 2.63. The average Bonchev–Trinajstić information content (AvgIpc) is 2.77. The van der Waals surface area contributed by atoms with Crippen molar-refractivity contribution in [1.29, 1.82) is 5.26 Å². The molecule has 0 heterocycles. The van der Waals surface area contributed by atoms with Crippen LogP contribution in [0.25, 0.3) is 0 Å². The fourth-order valence-corrected chi connectivity index (χ4v) is 2.52. The summed E-state index contributed by atoms with van der Waals surface area (Å²) >= 11 is 0. The lowest BCUT2D eigenvalue weighted by Crippen LogP contribution is -2.15. The predicted molar refractivity (Wildman–Crippen MR) is 65.1 cm³/mol. The normalized spacial score (nSPS) is 23.2. The van der Waals surface area contributed by atoms with Crippen LogP contribution < -0.4 is 11.5 Å². The number of anilines is 1. The Bertz CT molecular complexity index is 490. The van der Waals surface area contributed by atoms with Crippen molar-refractivity contribution in [2.45, 2.75) is 25.2 Å². The monoisotopic (exact) mass is 229 g/mol. The molecule has 1 fully saturated rings. The molecule has 4 nitrogen and oxygen atoms in total. The molecule has 1 amide bonds. The first-order chi connectivity index (χ1) is 8.11. The number of nitrogens with two attached hydrogens (primary N) is 2. The van der Waals surface area contributed by atoms with Gasteiger partial charge in [-0.05, 0) is 42.9 Å². The molecule has 0 aromatic heterocycles. The highest BCUT2D eigenvalue weighted by Gasteiger charge is 2.28. The van der Waals surface area contributed by atoms with E-state index in [-0.39, 0.29) is 11.8 Å². The molecule has 1 saturated carbocycles. The lowest BCUT2D eigenvalue weighted by atomic mass is 9.91. The van der Waals surface area contributed by atoms with Gasteiger partial charge in [0.1, 0.15) is 0 Å². The number of benzene rings is 1. The molecular formula is C13H15N3O. The van der Waals surface area contributed by atoms with Crippen LogP contribution in [0.15, 0.2) is 18.2 Å². The summed E-state index contributed by atoms with van der Waals surface area (Å²) in [6.45, 7) is 0. The molecule has 1 aliphatic carbocycles. The summed E-state index contributed by atoms with van der Waals surface area (Å²) in [5.41, 5.74) is 13.0. The fraction of sp³-hybridized carbons (Fsp3) is 0.385. The van der Waals surface area contributed by atoms with Crippen LogP contribution in [0.4, 0.5) is 5.69 Å². The zero-order valence-electron chi connectivity index (χ0n) is 9.52. The van der Waals surface area contributed by atoms with Crippen molar-refractivity contribution in [3.05, 3.63) is 29.3 Å². The first-order valence-electron chi connectivity index (χ1n) is 5.70. The number of nitriles is 1. The van der Waals surface area contributed by atoms with Gasteiger partial charge in [0.25, 0.3) is 0 Å². The van der Waals surface area contributed by atoms with Crippen LogP contribution >= 0.6 is 0 Å². The minimum absolute atomic E-state index is 0.0956. The largest absolute Gasteiger partial charge is 0.399 e. The van der Waals surface area contributed by atoms with Crippen LogP contribution in [0.1, 0.15) is 41.1 Å². The number of nitrogens with zero attached hydrogens (tertiary/aromatic N) is 1. The summed E-state index contributed by atoms with van der Waals surface area (Å²) in [4.78, 5) is 11.4. The molecule has 1 aromatic carbocycles. The van der Waals surface area contributed by atoms with E-state index in [1.807, 2.05) is 6.07 Å². The first kappa shape index (κ1) is 11.5. The SMILES string of the molecule is N#CC1CCC(c2ccc(N)cc2C(N)=O)C1. The number of carbonyl (C=O) groups excluding carboxylic acids is 1. The van der Waals surface area contributed by atoms with Crippen LogP contribution in [0.3, 0.4) is 0 Å². The van der Waals surface area contributed by atoms with Gasteiger partial charge in [-0.1, -0.05) is 6.07 Å². The molecule has 4 N–H and O–H groups in total. The van der Waals surface area contributed by atoms with Gasteiger partial charge in [-0.25, -0.2) is 0 Å². The first-order valence-corrected chi connectivity index (χ1v) is 5.70. The highest BCUT2D eigenvalue weighted by Crippen LogP contribution is 2.39. The molecule has 0 spiro atoms. The highest BCUT2D eigenvalue weighted by atomic mass is 16.1. The second-order valence-corrected chi connectivity index (χ2v) is 4.55. The van der Waals surface area contributed by atoms with Crippen LogP contribution in [-0.2, 0) is 0 Å². The van der Waals surface area contributed by atoms with Crippen molar-refractivity contribution in [2.75, 3.05) is 5.73 Å². The van der Waals surface area contributed by atoms with Gasteiger partial charge in [0.15, 0.2) is 0 Å². The van der Waals surface area contributed by atoms with Crippen LogP contribution in [0.2, 0.25) is 0 Å². The lowest BCUT2D eigenvalue weighted by Gasteiger charge is -2.14. The Morgan fingerprint density at radius 2 is 2.18 bits per heavy atom. The van der Waals surface area contributed by atoms with E-state index < -0.39 is 5.91 Å². The molecule has 1 aromatic rings. The van der Waals surface area contributed by atoms with Gasteiger partial charge in [0.05, 0.1) is 6.07 Å². The summed E-state index contributed by atoms with van der Waals surface area (Å²) < 4.78 is 0. The zero-order chi connectivity index (χ0) is 12.4. The molecule has 0 aliphatic heterocycles. The number of carbonyl (C=O) groups is 1. The van der Waals surface area contributed by atoms with Gasteiger partial charge in [-0.3, -0.25) is 4.79 Å². The van der Waals surface area contributed by atoms with E-state index >= 15 is 0 Å². The summed E-state index contributed by atoms with van der Waals surface area (Å²) in [5.74, 6) is -0.103. The molecule has 2 unspecified atom stereocenters. The third-order valence-corrected chi connectivity index (χ3v) is 3.40.